The molecular weight excluding hydrogens is 206 g/mol. The molecular formula is C16H29N. The van der Waals surface area contributed by atoms with E-state index in [4.69, 9.17) is 0 Å². The highest BCUT2D eigenvalue weighted by atomic mass is 15.0. The molecule has 4 fully saturated rings. The van der Waals surface area contributed by atoms with E-state index in [1.807, 2.05) is 0 Å². The third-order valence-electron chi connectivity index (χ3n) is 5.66. The van der Waals surface area contributed by atoms with Gasteiger partial charge in [-0.25, -0.2) is 0 Å². The summed E-state index contributed by atoms with van der Waals surface area (Å²) in [5, 5.41) is 3.98. The van der Waals surface area contributed by atoms with Crippen LogP contribution in [0.1, 0.15) is 72.1 Å². The van der Waals surface area contributed by atoms with Crippen molar-refractivity contribution in [1.82, 2.24) is 5.32 Å². The molecule has 2 unspecified atom stereocenters. The Morgan fingerprint density at radius 1 is 1.00 bits per heavy atom. The molecule has 0 spiro atoms. The van der Waals surface area contributed by atoms with E-state index in [1.165, 1.54) is 57.9 Å². The van der Waals surface area contributed by atoms with Crippen LogP contribution >= 0.6 is 0 Å². The van der Waals surface area contributed by atoms with Gasteiger partial charge in [-0.1, -0.05) is 27.2 Å². The van der Waals surface area contributed by atoms with Gasteiger partial charge < -0.3 is 5.32 Å². The maximum absolute atomic E-state index is 3.98. The fourth-order valence-electron chi connectivity index (χ4n) is 6.18. The molecule has 4 bridgehead atoms. The molecule has 1 nitrogen and oxygen atoms in total. The molecule has 2 atom stereocenters. The summed E-state index contributed by atoms with van der Waals surface area (Å²) < 4.78 is 0. The third kappa shape index (κ3) is 2.05. The Labute approximate surface area is 107 Å². The second-order valence-electron chi connectivity index (χ2n) is 8.19. The Morgan fingerprint density at radius 2 is 1.65 bits per heavy atom. The van der Waals surface area contributed by atoms with Crippen LogP contribution < -0.4 is 5.32 Å². The van der Waals surface area contributed by atoms with Gasteiger partial charge in [0.1, 0.15) is 0 Å². The average Bonchev–Trinajstić information content (AvgIpc) is 2.11. The lowest BCUT2D eigenvalue weighted by atomic mass is 9.43. The van der Waals surface area contributed by atoms with Crippen LogP contribution in [-0.4, -0.2) is 12.1 Å². The summed E-state index contributed by atoms with van der Waals surface area (Å²) in [4.78, 5) is 0. The first-order valence-corrected chi connectivity index (χ1v) is 7.72. The second-order valence-corrected chi connectivity index (χ2v) is 8.19. The number of hydrogen-bond donors (Lipinski definition) is 1. The third-order valence-corrected chi connectivity index (χ3v) is 5.66. The summed E-state index contributed by atoms with van der Waals surface area (Å²) in [5.74, 6) is 1.02. The van der Waals surface area contributed by atoms with Gasteiger partial charge in [-0.2, -0.15) is 0 Å². The van der Waals surface area contributed by atoms with Crippen molar-refractivity contribution in [2.75, 3.05) is 6.54 Å². The number of unbranched alkanes of at least 4 members (excludes halogenated alkanes) is 1. The molecule has 0 aromatic carbocycles. The maximum Gasteiger partial charge on any atom is 0.0194 e. The van der Waals surface area contributed by atoms with Gasteiger partial charge in [-0.15, -0.1) is 0 Å². The zero-order chi connectivity index (χ0) is 12.1. The molecule has 0 amide bonds. The van der Waals surface area contributed by atoms with Crippen molar-refractivity contribution in [3.63, 3.8) is 0 Å². The highest BCUT2D eigenvalue weighted by Gasteiger charge is 2.59. The molecule has 98 valence electrons. The minimum Gasteiger partial charge on any atom is -0.311 e. The molecule has 0 heterocycles. The Bertz CT molecular complexity index is 291. The monoisotopic (exact) mass is 235 g/mol. The van der Waals surface area contributed by atoms with E-state index in [-0.39, 0.29) is 0 Å². The summed E-state index contributed by atoms with van der Waals surface area (Å²) in [6.07, 6.45) is 11.6. The molecule has 4 rings (SSSR count). The first kappa shape index (κ1) is 12.0. The highest BCUT2D eigenvalue weighted by molar-refractivity contribution is 5.14. The fourth-order valence-corrected chi connectivity index (χ4v) is 6.18. The molecule has 0 aromatic rings. The number of rotatable bonds is 4. The molecule has 0 saturated heterocycles. The van der Waals surface area contributed by atoms with Gasteiger partial charge >= 0.3 is 0 Å². The van der Waals surface area contributed by atoms with E-state index in [1.54, 1.807) is 0 Å². The maximum atomic E-state index is 3.98. The van der Waals surface area contributed by atoms with Crippen molar-refractivity contribution in [2.45, 2.75) is 77.7 Å². The minimum atomic E-state index is 0.526. The number of hydrogen-bond acceptors (Lipinski definition) is 1. The van der Waals surface area contributed by atoms with Gasteiger partial charge in [0.05, 0.1) is 0 Å². The first-order chi connectivity index (χ1) is 7.97. The molecule has 1 N–H and O–H groups in total. The van der Waals surface area contributed by atoms with Crippen LogP contribution in [0.25, 0.3) is 0 Å². The lowest BCUT2D eigenvalue weighted by molar-refractivity contribution is -0.117. The fraction of sp³-hybridized carbons (Fsp3) is 1.00. The van der Waals surface area contributed by atoms with Gasteiger partial charge in [-0.3, -0.25) is 0 Å². The molecule has 4 aliphatic rings. The minimum absolute atomic E-state index is 0.526. The molecule has 4 saturated carbocycles. The zero-order valence-corrected chi connectivity index (χ0v) is 11.9. The van der Waals surface area contributed by atoms with Crippen LogP contribution in [-0.2, 0) is 0 Å². The smallest absolute Gasteiger partial charge is 0.0194 e. The van der Waals surface area contributed by atoms with Crippen molar-refractivity contribution in [2.24, 2.45) is 16.7 Å². The van der Waals surface area contributed by atoms with Crippen molar-refractivity contribution < 1.29 is 0 Å². The SMILES string of the molecule is CCCCNC12CC3CC(C)(CC(C)(C3)C1)C2. The Hall–Kier alpha value is -0.0400. The van der Waals surface area contributed by atoms with Crippen molar-refractivity contribution in [3.05, 3.63) is 0 Å². The highest BCUT2D eigenvalue weighted by Crippen LogP contribution is 2.66. The first-order valence-electron chi connectivity index (χ1n) is 7.72. The molecule has 0 radical (unpaired) electrons. The summed E-state index contributed by atoms with van der Waals surface area (Å²) in [6.45, 7) is 8.66. The summed E-state index contributed by atoms with van der Waals surface area (Å²) in [5.41, 5.74) is 1.85. The van der Waals surface area contributed by atoms with E-state index in [0.717, 1.165) is 5.92 Å². The molecule has 1 heteroatoms. The van der Waals surface area contributed by atoms with E-state index in [2.05, 4.69) is 26.1 Å². The molecule has 4 aliphatic carbocycles. The Balaban J connectivity index is 1.77. The van der Waals surface area contributed by atoms with E-state index >= 15 is 0 Å². The Kier molecular flexibility index (Phi) is 2.63. The van der Waals surface area contributed by atoms with E-state index < -0.39 is 0 Å². The van der Waals surface area contributed by atoms with Crippen LogP contribution in [0.15, 0.2) is 0 Å². The number of nitrogens with one attached hydrogen (secondary N) is 1. The zero-order valence-electron chi connectivity index (χ0n) is 11.9. The summed E-state index contributed by atoms with van der Waals surface area (Å²) in [7, 11) is 0. The van der Waals surface area contributed by atoms with Crippen molar-refractivity contribution in [3.8, 4) is 0 Å². The van der Waals surface area contributed by atoms with E-state index in [9.17, 15) is 0 Å². The van der Waals surface area contributed by atoms with Gasteiger partial charge in [-0.05, 0) is 68.2 Å². The standard InChI is InChI=1S/C16H29N/c1-4-5-6-17-16-9-13-7-14(2,11-16)10-15(3,8-13)12-16/h13,17H,4-12H2,1-3H3. The van der Waals surface area contributed by atoms with Crippen LogP contribution in [0, 0.1) is 16.7 Å². The molecule has 0 aromatic heterocycles. The second kappa shape index (κ2) is 3.73. The predicted octanol–water partition coefficient (Wildman–Crippen LogP) is 4.13. The van der Waals surface area contributed by atoms with Gasteiger partial charge in [0, 0.05) is 5.54 Å². The molecule has 0 aliphatic heterocycles. The molecule has 17 heavy (non-hydrogen) atoms. The van der Waals surface area contributed by atoms with Gasteiger partial charge in [0.25, 0.3) is 0 Å². The van der Waals surface area contributed by atoms with Gasteiger partial charge in [0.15, 0.2) is 0 Å². The normalized spacial score (nSPS) is 52.1. The van der Waals surface area contributed by atoms with Crippen molar-refractivity contribution >= 4 is 0 Å². The van der Waals surface area contributed by atoms with Crippen LogP contribution in [0.3, 0.4) is 0 Å². The van der Waals surface area contributed by atoms with Crippen LogP contribution in [0.2, 0.25) is 0 Å². The average molecular weight is 235 g/mol. The predicted molar refractivity (Wildman–Crippen MR) is 73.0 cm³/mol. The van der Waals surface area contributed by atoms with Gasteiger partial charge in [0.2, 0.25) is 0 Å². The lowest BCUT2D eigenvalue weighted by Crippen LogP contribution is -2.64. The largest absolute Gasteiger partial charge is 0.311 e. The van der Waals surface area contributed by atoms with Crippen LogP contribution in [0.5, 0.6) is 0 Å². The lowest BCUT2D eigenvalue weighted by Gasteiger charge is -2.65. The van der Waals surface area contributed by atoms with Crippen molar-refractivity contribution in [1.29, 1.82) is 0 Å². The quantitative estimate of drug-likeness (QED) is 0.723. The summed E-state index contributed by atoms with van der Waals surface area (Å²) in [6, 6.07) is 0. The topological polar surface area (TPSA) is 12.0 Å². The Morgan fingerprint density at radius 3 is 2.18 bits per heavy atom. The van der Waals surface area contributed by atoms with E-state index in [0.29, 0.717) is 16.4 Å². The van der Waals surface area contributed by atoms with Crippen LogP contribution in [0.4, 0.5) is 0 Å². The summed E-state index contributed by atoms with van der Waals surface area (Å²) >= 11 is 0.